The molecule has 4 N–H and O–H groups in total. The second kappa shape index (κ2) is 8.41. The molecule has 160 valence electrons. The largest absolute Gasteiger partial charge is 0.366 e. The van der Waals surface area contributed by atoms with E-state index in [0.29, 0.717) is 30.3 Å². The predicted octanol–water partition coefficient (Wildman–Crippen LogP) is 1.12. The molecule has 0 radical (unpaired) electrons. The van der Waals surface area contributed by atoms with Crippen molar-refractivity contribution < 1.29 is 14.4 Å². The highest BCUT2D eigenvalue weighted by Crippen LogP contribution is 2.38. The molecule has 3 amide bonds. The standard InChI is InChI=1S/C21H28N6O3/c1-12-2-5-18(13-3-4-17-14(6-13)9-24-26-17)27(11-12)21(30)20(29)25-16-7-15(19(22)28)8-23-10-16/h7-10,12-14,17-18,26H,2-6,11H2,1H3,(H2,22,28)(H,25,29). The summed E-state index contributed by atoms with van der Waals surface area (Å²) in [5, 5.41) is 6.79. The van der Waals surface area contributed by atoms with E-state index in [2.05, 4.69) is 27.8 Å². The molecule has 0 bridgehead atoms. The smallest absolute Gasteiger partial charge is 0.313 e. The van der Waals surface area contributed by atoms with Crippen LogP contribution < -0.4 is 16.5 Å². The molecular formula is C21H28N6O3. The molecule has 5 unspecified atom stereocenters. The van der Waals surface area contributed by atoms with Crippen molar-refractivity contribution in [2.75, 3.05) is 11.9 Å². The minimum atomic E-state index is -0.713. The Morgan fingerprint density at radius 3 is 2.83 bits per heavy atom. The fourth-order valence-corrected chi connectivity index (χ4v) is 5.00. The van der Waals surface area contributed by atoms with Gasteiger partial charge in [-0.2, -0.15) is 5.10 Å². The van der Waals surface area contributed by atoms with E-state index in [1.165, 1.54) is 18.5 Å². The number of rotatable bonds is 3. The number of amides is 3. The van der Waals surface area contributed by atoms with Crippen LogP contribution in [0.5, 0.6) is 0 Å². The van der Waals surface area contributed by atoms with E-state index in [1.807, 2.05) is 6.21 Å². The molecule has 30 heavy (non-hydrogen) atoms. The van der Waals surface area contributed by atoms with Crippen LogP contribution in [0.25, 0.3) is 0 Å². The number of carbonyl (C=O) groups is 3. The van der Waals surface area contributed by atoms with E-state index in [4.69, 9.17) is 5.73 Å². The maximum absolute atomic E-state index is 13.1. The van der Waals surface area contributed by atoms with E-state index >= 15 is 0 Å². The summed E-state index contributed by atoms with van der Waals surface area (Å²) in [6, 6.07) is 1.88. The lowest BCUT2D eigenvalue weighted by molar-refractivity contribution is -0.148. The van der Waals surface area contributed by atoms with Gasteiger partial charge in [0.25, 0.3) is 0 Å². The van der Waals surface area contributed by atoms with Gasteiger partial charge in [-0.1, -0.05) is 6.92 Å². The number of nitrogens with zero attached hydrogens (tertiary/aromatic N) is 3. The molecule has 1 saturated carbocycles. The molecule has 5 atom stereocenters. The Morgan fingerprint density at radius 2 is 2.03 bits per heavy atom. The summed E-state index contributed by atoms with van der Waals surface area (Å²) in [7, 11) is 0. The summed E-state index contributed by atoms with van der Waals surface area (Å²) in [4.78, 5) is 42.8. The van der Waals surface area contributed by atoms with Crippen LogP contribution in [0.3, 0.4) is 0 Å². The Kier molecular flexibility index (Phi) is 5.69. The van der Waals surface area contributed by atoms with Crippen molar-refractivity contribution in [3.05, 3.63) is 24.0 Å². The van der Waals surface area contributed by atoms with Crippen LogP contribution in [0.15, 0.2) is 23.6 Å². The lowest BCUT2D eigenvalue weighted by atomic mass is 9.73. The van der Waals surface area contributed by atoms with Crippen LogP contribution in [-0.2, 0) is 9.59 Å². The first-order valence-electron chi connectivity index (χ1n) is 10.6. The van der Waals surface area contributed by atoms with Gasteiger partial charge in [0.05, 0.1) is 23.5 Å². The molecule has 4 rings (SSSR count). The molecule has 3 aliphatic rings. The predicted molar refractivity (Wildman–Crippen MR) is 112 cm³/mol. The summed E-state index contributed by atoms with van der Waals surface area (Å²) in [6.45, 7) is 2.69. The Bertz CT molecular complexity index is 872. The van der Waals surface area contributed by atoms with Crippen molar-refractivity contribution in [3.63, 3.8) is 0 Å². The van der Waals surface area contributed by atoms with Crippen LogP contribution in [0.2, 0.25) is 0 Å². The number of piperidine rings is 1. The zero-order chi connectivity index (χ0) is 21.3. The second-order valence-corrected chi connectivity index (χ2v) is 8.74. The van der Waals surface area contributed by atoms with E-state index in [1.54, 1.807) is 4.90 Å². The molecular weight excluding hydrogens is 384 g/mol. The number of hydrazone groups is 1. The summed E-state index contributed by atoms with van der Waals surface area (Å²) >= 11 is 0. The van der Waals surface area contributed by atoms with Gasteiger partial charge in [0.15, 0.2) is 0 Å². The lowest BCUT2D eigenvalue weighted by Gasteiger charge is -2.45. The Hall–Kier alpha value is -2.97. The topological polar surface area (TPSA) is 130 Å². The van der Waals surface area contributed by atoms with Gasteiger partial charge in [-0.15, -0.1) is 0 Å². The second-order valence-electron chi connectivity index (χ2n) is 8.74. The van der Waals surface area contributed by atoms with E-state index < -0.39 is 17.7 Å². The first-order valence-corrected chi connectivity index (χ1v) is 10.6. The van der Waals surface area contributed by atoms with Gasteiger partial charge >= 0.3 is 11.8 Å². The molecule has 9 nitrogen and oxygen atoms in total. The highest BCUT2D eigenvalue weighted by molar-refractivity contribution is 6.39. The van der Waals surface area contributed by atoms with Crippen molar-refractivity contribution in [3.8, 4) is 0 Å². The lowest BCUT2D eigenvalue weighted by Crippen LogP contribution is -2.54. The number of likely N-dealkylation sites (tertiary alicyclic amines) is 1. The van der Waals surface area contributed by atoms with Crippen molar-refractivity contribution in [2.24, 2.45) is 28.6 Å². The number of hydrogen-bond acceptors (Lipinski definition) is 6. The van der Waals surface area contributed by atoms with Gasteiger partial charge in [0.1, 0.15) is 0 Å². The summed E-state index contributed by atoms with van der Waals surface area (Å²) in [6.07, 6.45) is 9.69. The minimum absolute atomic E-state index is 0.0597. The number of primary amides is 1. The van der Waals surface area contributed by atoms with Crippen molar-refractivity contribution >= 4 is 29.6 Å². The number of fused-ring (bicyclic) bond motifs is 1. The van der Waals surface area contributed by atoms with Crippen LogP contribution in [0.1, 0.15) is 49.4 Å². The maximum Gasteiger partial charge on any atom is 0.313 e. The normalized spacial score (nSPS) is 30.3. The minimum Gasteiger partial charge on any atom is -0.366 e. The van der Waals surface area contributed by atoms with Crippen molar-refractivity contribution in [1.82, 2.24) is 15.3 Å². The number of aromatic nitrogens is 1. The summed E-state index contributed by atoms with van der Waals surface area (Å²) < 4.78 is 0. The fourth-order valence-electron chi connectivity index (χ4n) is 5.00. The Balaban J connectivity index is 1.47. The Labute approximate surface area is 175 Å². The third-order valence-electron chi connectivity index (χ3n) is 6.59. The third-order valence-corrected chi connectivity index (χ3v) is 6.59. The van der Waals surface area contributed by atoms with Gasteiger partial charge in [-0.05, 0) is 50.0 Å². The third kappa shape index (κ3) is 4.15. The van der Waals surface area contributed by atoms with Crippen LogP contribution in [0, 0.1) is 17.8 Å². The molecule has 0 aromatic carbocycles. The average Bonchev–Trinajstić information content (AvgIpc) is 3.21. The highest BCUT2D eigenvalue weighted by atomic mass is 16.2. The number of nitrogens with two attached hydrogens (primary N) is 1. The van der Waals surface area contributed by atoms with Crippen LogP contribution >= 0.6 is 0 Å². The van der Waals surface area contributed by atoms with Crippen molar-refractivity contribution in [2.45, 2.75) is 51.1 Å². The van der Waals surface area contributed by atoms with Gasteiger partial charge in [0.2, 0.25) is 5.91 Å². The summed E-state index contributed by atoms with van der Waals surface area (Å²) in [5.41, 5.74) is 8.88. The number of anilines is 1. The van der Waals surface area contributed by atoms with Crippen LogP contribution in [-0.4, -0.2) is 52.4 Å². The van der Waals surface area contributed by atoms with Gasteiger partial charge in [0, 0.05) is 30.9 Å². The van der Waals surface area contributed by atoms with E-state index in [0.717, 1.165) is 32.1 Å². The summed E-state index contributed by atoms with van der Waals surface area (Å²) in [5.74, 6) is -0.774. The molecule has 9 heteroatoms. The number of nitrogens with one attached hydrogen (secondary N) is 2. The molecule has 1 aromatic rings. The zero-order valence-electron chi connectivity index (χ0n) is 17.1. The van der Waals surface area contributed by atoms with Gasteiger partial charge in [-0.3, -0.25) is 19.4 Å². The van der Waals surface area contributed by atoms with E-state index in [9.17, 15) is 14.4 Å². The fraction of sp³-hybridized carbons (Fsp3) is 0.571. The zero-order valence-corrected chi connectivity index (χ0v) is 17.1. The Morgan fingerprint density at radius 1 is 1.20 bits per heavy atom. The number of hydrogen-bond donors (Lipinski definition) is 3. The molecule has 1 aliphatic carbocycles. The van der Waals surface area contributed by atoms with E-state index in [-0.39, 0.29) is 17.3 Å². The molecule has 2 fully saturated rings. The monoisotopic (exact) mass is 412 g/mol. The molecule has 3 heterocycles. The maximum atomic E-state index is 13.1. The van der Waals surface area contributed by atoms with Gasteiger partial charge < -0.3 is 21.4 Å². The van der Waals surface area contributed by atoms with Crippen molar-refractivity contribution in [1.29, 1.82) is 0 Å². The molecule has 2 aliphatic heterocycles. The van der Waals surface area contributed by atoms with Gasteiger partial charge in [-0.25, -0.2) is 0 Å². The average molecular weight is 412 g/mol. The van der Waals surface area contributed by atoms with Crippen LogP contribution in [0.4, 0.5) is 5.69 Å². The quantitative estimate of drug-likeness (QED) is 0.641. The molecule has 1 saturated heterocycles. The molecule has 1 aromatic heterocycles. The SMILES string of the molecule is CC1CCC(C2CCC3NN=CC3C2)N(C(=O)C(=O)Nc2cncc(C(N)=O)c2)C1. The highest BCUT2D eigenvalue weighted by Gasteiger charge is 2.41. The first kappa shape index (κ1) is 20.3. The molecule has 0 spiro atoms. The number of pyridine rings is 1. The first-order chi connectivity index (χ1) is 14.4. The number of carbonyl (C=O) groups excluding carboxylic acids is 3.